The van der Waals surface area contributed by atoms with Crippen molar-refractivity contribution in [2.24, 2.45) is 34.5 Å². The lowest BCUT2D eigenvalue weighted by Crippen LogP contribution is -2.53. The average Bonchev–Trinajstić information content (AvgIpc) is 2.84. The Hall–Kier alpha value is -1.36. The van der Waals surface area contributed by atoms with Gasteiger partial charge in [-0.25, -0.2) is 0 Å². The van der Waals surface area contributed by atoms with Gasteiger partial charge < -0.3 is 0 Å². The number of nitriles is 1. The van der Waals surface area contributed by atoms with Gasteiger partial charge in [-0.2, -0.15) is 5.26 Å². The van der Waals surface area contributed by atoms with E-state index in [1.807, 2.05) is 12.2 Å². The molecule has 0 amide bonds. The van der Waals surface area contributed by atoms with Gasteiger partial charge >= 0.3 is 0 Å². The minimum atomic E-state index is 0.235. The summed E-state index contributed by atoms with van der Waals surface area (Å²) < 4.78 is 0. The van der Waals surface area contributed by atoms with E-state index >= 15 is 0 Å². The highest BCUT2D eigenvalue weighted by Gasteiger charge is 2.59. The van der Waals surface area contributed by atoms with Gasteiger partial charge in [-0.05, 0) is 79.1 Å². The van der Waals surface area contributed by atoms with E-state index in [2.05, 4.69) is 26.8 Å². The van der Waals surface area contributed by atoms with Crippen LogP contribution in [0, 0.1) is 45.8 Å². The molecule has 4 rings (SSSR count). The topological polar surface area (TPSA) is 40.9 Å². The van der Waals surface area contributed by atoms with Crippen LogP contribution in [0.5, 0.6) is 0 Å². The lowest BCUT2D eigenvalue weighted by molar-refractivity contribution is -0.118. The molecule has 4 aliphatic carbocycles. The van der Waals surface area contributed by atoms with Crippen LogP contribution < -0.4 is 0 Å². The second-order valence-corrected chi connectivity index (χ2v) is 9.32. The number of hydrogen-bond donors (Lipinski definition) is 0. The van der Waals surface area contributed by atoms with E-state index in [1.54, 1.807) is 0 Å². The number of rotatable bonds is 0. The van der Waals surface area contributed by atoms with Gasteiger partial charge in [-0.1, -0.05) is 31.9 Å². The summed E-state index contributed by atoms with van der Waals surface area (Å²) in [5.41, 5.74) is 3.32. The lowest BCUT2D eigenvalue weighted by Gasteiger charge is -2.60. The normalized spacial score (nSPS) is 49.0. The molecule has 128 valence electrons. The predicted molar refractivity (Wildman–Crippen MR) is 95.0 cm³/mol. The Labute approximate surface area is 146 Å². The Morgan fingerprint density at radius 2 is 2.00 bits per heavy atom. The van der Waals surface area contributed by atoms with E-state index in [-0.39, 0.29) is 10.8 Å². The molecule has 0 bridgehead atoms. The summed E-state index contributed by atoms with van der Waals surface area (Å²) in [6.07, 6.45) is 11.6. The molecule has 2 heteroatoms. The summed E-state index contributed by atoms with van der Waals surface area (Å²) >= 11 is 0. The SMILES string of the molecule is C[C@H]1CC2(C)/C(=C\C#N)CCC2C2CCC3=CC(=O)CCC3(C)C21. The Kier molecular flexibility index (Phi) is 3.57. The molecular weight excluding hydrogens is 294 g/mol. The molecule has 0 spiro atoms. The molecule has 5 unspecified atom stereocenters. The molecule has 0 saturated heterocycles. The van der Waals surface area contributed by atoms with Gasteiger partial charge in [0.05, 0.1) is 6.07 Å². The quantitative estimate of drug-likeness (QED) is 0.574. The number of hydrogen-bond acceptors (Lipinski definition) is 2. The van der Waals surface area contributed by atoms with Crippen molar-refractivity contribution < 1.29 is 4.79 Å². The summed E-state index contributed by atoms with van der Waals surface area (Å²) in [4.78, 5) is 11.9. The number of fused-ring (bicyclic) bond motifs is 5. The average molecular weight is 323 g/mol. The third kappa shape index (κ3) is 2.03. The van der Waals surface area contributed by atoms with Gasteiger partial charge in [0.25, 0.3) is 0 Å². The number of allylic oxidation sites excluding steroid dienone is 3. The summed E-state index contributed by atoms with van der Waals surface area (Å²) in [6, 6.07) is 2.30. The Morgan fingerprint density at radius 3 is 2.75 bits per heavy atom. The molecule has 24 heavy (non-hydrogen) atoms. The second-order valence-electron chi connectivity index (χ2n) is 9.32. The van der Waals surface area contributed by atoms with Crippen molar-refractivity contribution in [3.05, 3.63) is 23.3 Å². The van der Waals surface area contributed by atoms with E-state index in [1.165, 1.54) is 30.4 Å². The molecule has 0 radical (unpaired) electrons. The molecule has 6 atom stereocenters. The van der Waals surface area contributed by atoms with Crippen molar-refractivity contribution >= 4 is 5.78 Å². The van der Waals surface area contributed by atoms with Crippen LogP contribution >= 0.6 is 0 Å². The lowest BCUT2D eigenvalue weighted by atomic mass is 9.44. The maximum atomic E-state index is 11.9. The highest BCUT2D eigenvalue weighted by atomic mass is 16.1. The Morgan fingerprint density at radius 1 is 1.21 bits per heavy atom. The molecule has 0 aromatic carbocycles. The molecule has 0 heterocycles. The molecule has 0 aromatic rings. The first kappa shape index (κ1) is 16.1. The van der Waals surface area contributed by atoms with Crippen LogP contribution in [0.3, 0.4) is 0 Å². The van der Waals surface area contributed by atoms with Crippen LogP contribution in [-0.2, 0) is 4.79 Å². The summed E-state index contributed by atoms with van der Waals surface area (Å²) in [5.74, 6) is 3.21. The summed E-state index contributed by atoms with van der Waals surface area (Å²) in [6.45, 7) is 7.31. The fraction of sp³-hybridized carbons (Fsp3) is 0.727. The minimum absolute atomic E-state index is 0.235. The molecule has 0 aromatic heterocycles. The minimum Gasteiger partial charge on any atom is -0.295 e. The number of nitrogens with zero attached hydrogens (tertiary/aromatic N) is 1. The highest BCUT2D eigenvalue weighted by Crippen LogP contribution is 2.67. The van der Waals surface area contributed by atoms with E-state index in [4.69, 9.17) is 0 Å². The van der Waals surface area contributed by atoms with Gasteiger partial charge in [0.1, 0.15) is 0 Å². The summed E-state index contributed by atoms with van der Waals surface area (Å²) in [7, 11) is 0. The van der Waals surface area contributed by atoms with Crippen molar-refractivity contribution in [2.75, 3.05) is 0 Å². The molecular formula is C22H29NO. The second kappa shape index (κ2) is 5.32. The fourth-order valence-electron chi connectivity index (χ4n) is 7.42. The first-order chi connectivity index (χ1) is 11.4. The van der Waals surface area contributed by atoms with E-state index in [0.717, 1.165) is 37.5 Å². The van der Waals surface area contributed by atoms with Crippen LogP contribution in [0.4, 0.5) is 0 Å². The third-order valence-corrected chi connectivity index (χ3v) is 8.29. The largest absolute Gasteiger partial charge is 0.295 e. The van der Waals surface area contributed by atoms with Crippen LogP contribution in [0.25, 0.3) is 0 Å². The maximum Gasteiger partial charge on any atom is 0.155 e. The smallest absolute Gasteiger partial charge is 0.155 e. The van der Waals surface area contributed by atoms with Crippen molar-refractivity contribution in [3.8, 4) is 6.07 Å². The van der Waals surface area contributed by atoms with E-state index in [0.29, 0.717) is 17.6 Å². The van der Waals surface area contributed by atoms with Crippen LogP contribution in [0.1, 0.15) is 65.7 Å². The van der Waals surface area contributed by atoms with Gasteiger partial charge in [-0.15, -0.1) is 0 Å². The van der Waals surface area contributed by atoms with Gasteiger partial charge in [0.15, 0.2) is 5.78 Å². The maximum absolute atomic E-state index is 11.9. The van der Waals surface area contributed by atoms with E-state index < -0.39 is 0 Å². The highest BCUT2D eigenvalue weighted by molar-refractivity contribution is 5.91. The number of carbonyl (C=O) groups excluding carboxylic acids is 1. The van der Waals surface area contributed by atoms with Crippen molar-refractivity contribution in [1.29, 1.82) is 5.26 Å². The molecule has 2 nitrogen and oxygen atoms in total. The zero-order valence-electron chi connectivity index (χ0n) is 15.3. The molecule has 3 fully saturated rings. The number of ketones is 1. The molecule has 4 aliphatic rings. The van der Waals surface area contributed by atoms with Crippen LogP contribution in [0.15, 0.2) is 23.3 Å². The zero-order valence-corrected chi connectivity index (χ0v) is 15.3. The zero-order chi connectivity index (χ0) is 17.1. The van der Waals surface area contributed by atoms with Gasteiger partial charge in [0, 0.05) is 12.5 Å². The number of carbonyl (C=O) groups is 1. The third-order valence-electron chi connectivity index (χ3n) is 8.29. The molecule has 3 saturated carbocycles. The Bertz CT molecular complexity index is 681. The van der Waals surface area contributed by atoms with Crippen molar-refractivity contribution in [2.45, 2.75) is 65.7 Å². The predicted octanol–water partition coefficient (Wildman–Crippen LogP) is 5.21. The monoisotopic (exact) mass is 323 g/mol. The van der Waals surface area contributed by atoms with Crippen molar-refractivity contribution in [1.82, 2.24) is 0 Å². The standard InChI is InChI=1S/C22H29NO/c1-14-13-22(3)15(9-11-23)5-7-19(22)18-6-4-16-12-17(24)8-10-21(16,2)20(14)18/h9,12,14,18-20H,4-8,10,13H2,1-3H3/b15-9-/t14-,18?,19?,20?,21?,22?/m0/s1. The van der Waals surface area contributed by atoms with Crippen molar-refractivity contribution in [3.63, 3.8) is 0 Å². The van der Waals surface area contributed by atoms with Gasteiger partial charge in [-0.3, -0.25) is 4.79 Å². The van der Waals surface area contributed by atoms with E-state index in [9.17, 15) is 10.1 Å². The van der Waals surface area contributed by atoms with Crippen LogP contribution in [0.2, 0.25) is 0 Å². The first-order valence-corrected chi connectivity index (χ1v) is 9.73. The first-order valence-electron chi connectivity index (χ1n) is 9.73. The van der Waals surface area contributed by atoms with Crippen LogP contribution in [-0.4, -0.2) is 5.78 Å². The van der Waals surface area contributed by atoms with Gasteiger partial charge in [0.2, 0.25) is 0 Å². The molecule has 0 aliphatic heterocycles. The fourth-order valence-corrected chi connectivity index (χ4v) is 7.42. The Balaban J connectivity index is 1.74. The summed E-state index contributed by atoms with van der Waals surface area (Å²) in [5, 5.41) is 9.18. The molecule has 0 N–H and O–H groups in total.